The molecule has 46 valence electrons. The summed E-state index contributed by atoms with van der Waals surface area (Å²) in [7, 11) is 0. The van der Waals surface area contributed by atoms with E-state index in [1.807, 2.05) is 13.8 Å². The summed E-state index contributed by atoms with van der Waals surface area (Å²) in [5, 5.41) is 0. The first-order chi connectivity index (χ1) is 2.56. The highest BCUT2D eigenvalue weighted by molar-refractivity contribution is 4.70. The van der Waals surface area contributed by atoms with Gasteiger partial charge in [-0.15, -0.1) is 0 Å². The first-order valence-electron chi connectivity index (χ1n) is 2.05. The van der Waals surface area contributed by atoms with Crippen LogP contribution in [0.4, 0.5) is 0 Å². The van der Waals surface area contributed by atoms with E-state index in [9.17, 15) is 0 Å². The van der Waals surface area contributed by atoms with Gasteiger partial charge in [0.1, 0.15) is 0 Å². The summed E-state index contributed by atoms with van der Waals surface area (Å²) in [5.74, 6) is 0. The van der Waals surface area contributed by atoms with Crippen molar-refractivity contribution >= 4 is 0 Å². The lowest BCUT2D eigenvalue weighted by atomic mass is 10.1. The van der Waals surface area contributed by atoms with Gasteiger partial charge in [-0.05, 0) is 13.8 Å². The molecule has 0 rings (SSSR count). The maximum atomic E-state index is 5.41. The summed E-state index contributed by atoms with van der Waals surface area (Å²) < 4.78 is 0. The topological polar surface area (TPSA) is 87.0 Å². The van der Waals surface area contributed by atoms with Crippen molar-refractivity contribution in [3.8, 4) is 0 Å². The number of hydrogen-bond donors (Lipinski definition) is 3. The summed E-state index contributed by atoms with van der Waals surface area (Å²) in [5.41, 5.74) is 10.4. The zero-order chi connectivity index (χ0) is 5.21. The van der Waals surface area contributed by atoms with Crippen LogP contribution >= 0.6 is 0 Å². The fraction of sp³-hybridized carbons (Fsp3) is 1.00. The molecule has 7 heavy (non-hydrogen) atoms. The molecule has 0 saturated carbocycles. The lowest BCUT2D eigenvalue weighted by Crippen LogP contribution is -2.40. The Balaban J connectivity index is 0. The van der Waals surface area contributed by atoms with Crippen LogP contribution in [-0.2, 0) is 0 Å². The van der Waals surface area contributed by atoms with Crippen molar-refractivity contribution in [3.63, 3.8) is 0 Å². The molecule has 0 aromatic heterocycles. The molecule has 3 nitrogen and oxygen atoms in total. The molecule has 7 N–H and O–H groups in total. The molecule has 0 fully saturated rings. The standard InChI is InChI=1S/C4H12N2.H3N/c1-4(2,6)3-5;/h3,5-6H2,1-2H3;1H3. The third-order valence-corrected chi connectivity index (χ3v) is 0.526. The molecule has 0 unspecified atom stereocenters. The Morgan fingerprint density at radius 2 is 1.57 bits per heavy atom. The second kappa shape index (κ2) is 2.96. The first kappa shape index (κ1) is 9.99. The van der Waals surface area contributed by atoms with Crippen molar-refractivity contribution in [2.45, 2.75) is 19.4 Å². The minimum absolute atomic E-state index is 0. The minimum atomic E-state index is -0.181. The van der Waals surface area contributed by atoms with E-state index in [0.717, 1.165) is 0 Å². The van der Waals surface area contributed by atoms with Crippen molar-refractivity contribution in [2.24, 2.45) is 11.5 Å². The van der Waals surface area contributed by atoms with Crippen LogP contribution in [0.25, 0.3) is 0 Å². The molecule has 0 spiro atoms. The fourth-order valence-electron chi connectivity index (χ4n) is 0. The van der Waals surface area contributed by atoms with Crippen LogP contribution in [0.5, 0.6) is 0 Å². The van der Waals surface area contributed by atoms with Crippen molar-refractivity contribution < 1.29 is 0 Å². The van der Waals surface area contributed by atoms with Gasteiger partial charge in [0.15, 0.2) is 0 Å². The molecule has 0 saturated heterocycles. The summed E-state index contributed by atoms with van der Waals surface area (Å²) in [6.07, 6.45) is 0. The molecule has 0 heterocycles. The average molecular weight is 105 g/mol. The van der Waals surface area contributed by atoms with Gasteiger partial charge in [0.25, 0.3) is 0 Å². The molecule has 0 aliphatic heterocycles. The quantitative estimate of drug-likeness (QED) is 0.433. The Bertz CT molecular complexity index is 36.7. The highest BCUT2D eigenvalue weighted by atomic mass is 14.8. The molecule has 0 radical (unpaired) electrons. The Kier molecular flexibility index (Phi) is 4.22. The lowest BCUT2D eigenvalue weighted by Gasteiger charge is -2.13. The van der Waals surface area contributed by atoms with E-state index >= 15 is 0 Å². The van der Waals surface area contributed by atoms with Gasteiger partial charge in [-0.3, -0.25) is 0 Å². The molecule has 0 amide bonds. The largest absolute Gasteiger partial charge is 0.344 e. The third kappa shape index (κ3) is 10.7. The normalized spacial score (nSPS) is 10.3. The van der Waals surface area contributed by atoms with E-state index in [0.29, 0.717) is 6.54 Å². The Hall–Kier alpha value is -0.120. The van der Waals surface area contributed by atoms with Crippen molar-refractivity contribution in [3.05, 3.63) is 0 Å². The van der Waals surface area contributed by atoms with Gasteiger partial charge in [-0.2, -0.15) is 0 Å². The summed E-state index contributed by atoms with van der Waals surface area (Å²) in [4.78, 5) is 0. The van der Waals surface area contributed by atoms with Crippen LogP contribution in [0.2, 0.25) is 0 Å². The van der Waals surface area contributed by atoms with Gasteiger partial charge < -0.3 is 17.6 Å². The average Bonchev–Trinajstić information content (AvgIpc) is 1.35. The van der Waals surface area contributed by atoms with Crippen molar-refractivity contribution in [1.29, 1.82) is 0 Å². The van der Waals surface area contributed by atoms with Gasteiger partial charge >= 0.3 is 0 Å². The van der Waals surface area contributed by atoms with Crippen LogP contribution < -0.4 is 17.6 Å². The van der Waals surface area contributed by atoms with E-state index in [1.165, 1.54) is 0 Å². The molecule has 0 atom stereocenters. The molecular weight excluding hydrogens is 90.1 g/mol. The summed E-state index contributed by atoms with van der Waals surface area (Å²) >= 11 is 0. The van der Waals surface area contributed by atoms with E-state index in [4.69, 9.17) is 11.5 Å². The van der Waals surface area contributed by atoms with Gasteiger partial charge in [-0.25, -0.2) is 0 Å². The van der Waals surface area contributed by atoms with Crippen LogP contribution in [0, 0.1) is 0 Å². The molecule has 0 aromatic carbocycles. The molecule has 0 aliphatic carbocycles. The molecular formula is C4H15N3. The molecule has 0 aromatic rings. The van der Waals surface area contributed by atoms with Gasteiger partial charge in [0, 0.05) is 12.1 Å². The van der Waals surface area contributed by atoms with E-state index < -0.39 is 0 Å². The Labute approximate surface area is 44.6 Å². The molecule has 0 bridgehead atoms. The van der Waals surface area contributed by atoms with Gasteiger partial charge in [0.2, 0.25) is 0 Å². The zero-order valence-electron chi connectivity index (χ0n) is 5.07. The van der Waals surface area contributed by atoms with E-state index in [2.05, 4.69) is 0 Å². The van der Waals surface area contributed by atoms with E-state index in [1.54, 1.807) is 0 Å². The number of hydrogen-bond acceptors (Lipinski definition) is 3. The monoisotopic (exact) mass is 105 g/mol. The van der Waals surface area contributed by atoms with Crippen molar-refractivity contribution in [1.82, 2.24) is 6.15 Å². The maximum Gasteiger partial charge on any atom is 0.0221 e. The van der Waals surface area contributed by atoms with Crippen LogP contribution in [0.15, 0.2) is 0 Å². The summed E-state index contributed by atoms with van der Waals surface area (Å²) in [6.45, 7) is 4.34. The zero-order valence-corrected chi connectivity index (χ0v) is 5.07. The van der Waals surface area contributed by atoms with Gasteiger partial charge in [-0.1, -0.05) is 0 Å². The van der Waals surface area contributed by atoms with Crippen LogP contribution in [0.1, 0.15) is 13.8 Å². The maximum absolute atomic E-state index is 5.41. The van der Waals surface area contributed by atoms with E-state index in [-0.39, 0.29) is 11.7 Å². The predicted molar refractivity (Wildman–Crippen MR) is 32.3 cm³/mol. The minimum Gasteiger partial charge on any atom is -0.344 e. The van der Waals surface area contributed by atoms with Gasteiger partial charge in [0.05, 0.1) is 0 Å². The predicted octanol–water partition coefficient (Wildman–Crippen LogP) is -0.156. The second-order valence-corrected chi connectivity index (χ2v) is 2.19. The number of nitrogens with two attached hydrogens (primary N) is 2. The summed E-state index contributed by atoms with van der Waals surface area (Å²) in [6, 6.07) is 0. The highest BCUT2D eigenvalue weighted by Gasteiger charge is 2.04. The Morgan fingerprint density at radius 1 is 1.43 bits per heavy atom. The first-order valence-corrected chi connectivity index (χ1v) is 2.05. The van der Waals surface area contributed by atoms with Crippen molar-refractivity contribution in [2.75, 3.05) is 6.54 Å². The smallest absolute Gasteiger partial charge is 0.0221 e. The SMILES string of the molecule is CC(C)(N)CN.N. The second-order valence-electron chi connectivity index (χ2n) is 2.19. The third-order valence-electron chi connectivity index (χ3n) is 0.526. The van der Waals surface area contributed by atoms with Crippen LogP contribution in [0.3, 0.4) is 0 Å². The lowest BCUT2D eigenvalue weighted by molar-refractivity contribution is 0.532. The highest BCUT2D eigenvalue weighted by Crippen LogP contribution is 1.88. The Morgan fingerprint density at radius 3 is 1.57 bits per heavy atom. The number of rotatable bonds is 1. The molecule has 0 aliphatic rings. The van der Waals surface area contributed by atoms with Crippen LogP contribution in [-0.4, -0.2) is 12.1 Å². The fourth-order valence-corrected chi connectivity index (χ4v) is 0. The molecule has 3 heteroatoms.